The molecule has 3 saturated carbocycles. The van der Waals surface area contributed by atoms with E-state index in [1.54, 1.807) is 0 Å². The summed E-state index contributed by atoms with van der Waals surface area (Å²) in [6, 6.07) is 0. The summed E-state index contributed by atoms with van der Waals surface area (Å²) in [5.74, 6) is 2.07. The molecule has 22 heavy (non-hydrogen) atoms. The van der Waals surface area contributed by atoms with E-state index in [9.17, 15) is 10.2 Å². The van der Waals surface area contributed by atoms with Gasteiger partial charge in [-0.3, -0.25) is 0 Å². The monoisotopic (exact) mass is 302 g/mol. The predicted molar refractivity (Wildman–Crippen MR) is 88.2 cm³/mol. The lowest BCUT2D eigenvalue weighted by molar-refractivity contribution is -0.0324. The quantitative estimate of drug-likeness (QED) is 0.668. The molecule has 0 heterocycles. The average Bonchev–Trinajstić information content (AvgIpc) is 2.72. The highest BCUT2D eigenvalue weighted by atomic mass is 16.3. The lowest BCUT2D eigenvalue weighted by Crippen LogP contribution is -2.49. The van der Waals surface area contributed by atoms with Crippen LogP contribution < -0.4 is 0 Å². The van der Waals surface area contributed by atoms with E-state index in [2.05, 4.69) is 26.5 Å². The van der Waals surface area contributed by atoms with Crippen molar-refractivity contribution in [2.45, 2.75) is 71.0 Å². The minimum Gasteiger partial charge on any atom is -0.389 e. The molecule has 0 aromatic carbocycles. The summed E-state index contributed by atoms with van der Waals surface area (Å²) in [4.78, 5) is 0. The van der Waals surface area contributed by atoms with Crippen LogP contribution in [0.15, 0.2) is 23.8 Å². The fraction of sp³-hybridized carbons (Fsp3) is 0.800. The normalized spacial score (nSPS) is 54.3. The Morgan fingerprint density at radius 1 is 1.05 bits per heavy atom. The van der Waals surface area contributed by atoms with E-state index in [4.69, 9.17) is 0 Å². The summed E-state index contributed by atoms with van der Waals surface area (Å²) in [5, 5.41) is 20.4. The number of fused-ring (bicyclic) bond motifs is 5. The van der Waals surface area contributed by atoms with Crippen molar-refractivity contribution in [3.8, 4) is 0 Å². The molecule has 2 heteroatoms. The zero-order valence-electron chi connectivity index (χ0n) is 14.0. The molecule has 4 aliphatic rings. The van der Waals surface area contributed by atoms with Crippen molar-refractivity contribution >= 4 is 0 Å². The van der Waals surface area contributed by atoms with Crippen molar-refractivity contribution in [1.29, 1.82) is 0 Å². The minimum absolute atomic E-state index is 0.159. The van der Waals surface area contributed by atoms with Crippen LogP contribution in [0.3, 0.4) is 0 Å². The van der Waals surface area contributed by atoms with Crippen LogP contribution in [0.1, 0.15) is 58.8 Å². The third kappa shape index (κ3) is 1.80. The summed E-state index contributed by atoms with van der Waals surface area (Å²) in [6.07, 6.45) is 9.45. The van der Waals surface area contributed by atoms with Gasteiger partial charge in [-0.15, -0.1) is 0 Å². The Bertz CT molecular complexity index is 536. The summed E-state index contributed by atoms with van der Waals surface area (Å²) < 4.78 is 0. The molecule has 7 atom stereocenters. The highest BCUT2D eigenvalue weighted by Crippen LogP contribution is 2.66. The van der Waals surface area contributed by atoms with Gasteiger partial charge in [-0.25, -0.2) is 0 Å². The summed E-state index contributed by atoms with van der Waals surface area (Å²) in [6.45, 7) is 9.04. The van der Waals surface area contributed by atoms with Crippen LogP contribution in [0.4, 0.5) is 0 Å². The Morgan fingerprint density at radius 3 is 2.55 bits per heavy atom. The molecule has 0 spiro atoms. The SMILES string of the molecule is C=C1C(O)CC2C3CCC4=CC(O)CCC4(C)C3CCC12C. The van der Waals surface area contributed by atoms with Crippen LogP contribution in [-0.4, -0.2) is 22.4 Å². The molecule has 0 bridgehead atoms. The van der Waals surface area contributed by atoms with Gasteiger partial charge in [0.1, 0.15) is 0 Å². The second kappa shape index (κ2) is 4.70. The third-order valence-electron chi connectivity index (χ3n) is 8.09. The van der Waals surface area contributed by atoms with Crippen molar-refractivity contribution in [1.82, 2.24) is 0 Å². The minimum atomic E-state index is -0.285. The maximum Gasteiger partial charge on any atom is 0.0756 e. The molecule has 0 aliphatic heterocycles. The zero-order chi connectivity index (χ0) is 15.7. The van der Waals surface area contributed by atoms with Gasteiger partial charge in [0.25, 0.3) is 0 Å². The lowest BCUT2D eigenvalue weighted by atomic mass is 9.47. The van der Waals surface area contributed by atoms with Gasteiger partial charge >= 0.3 is 0 Å². The van der Waals surface area contributed by atoms with Gasteiger partial charge in [-0.2, -0.15) is 0 Å². The summed E-state index contributed by atoms with van der Waals surface area (Å²) >= 11 is 0. The molecule has 4 aliphatic carbocycles. The molecule has 4 rings (SSSR count). The fourth-order valence-electron chi connectivity index (χ4n) is 6.63. The summed E-state index contributed by atoms with van der Waals surface area (Å²) in [5.41, 5.74) is 3.07. The van der Waals surface area contributed by atoms with E-state index in [1.165, 1.54) is 24.8 Å². The van der Waals surface area contributed by atoms with Crippen molar-refractivity contribution in [3.05, 3.63) is 23.8 Å². The van der Waals surface area contributed by atoms with E-state index in [1.807, 2.05) is 0 Å². The predicted octanol–water partition coefficient (Wildman–Crippen LogP) is 3.84. The number of rotatable bonds is 0. The largest absolute Gasteiger partial charge is 0.389 e. The number of aliphatic hydroxyl groups excluding tert-OH is 2. The van der Waals surface area contributed by atoms with Crippen molar-refractivity contribution < 1.29 is 10.2 Å². The molecule has 3 fully saturated rings. The van der Waals surface area contributed by atoms with Crippen LogP contribution in [0.2, 0.25) is 0 Å². The summed E-state index contributed by atoms with van der Waals surface area (Å²) in [7, 11) is 0. The number of hydrogen-bond acceptors (Lipinski definition) is 2. The Labute approximate surface area is 134 Å². The molecule has 0 aromatic rings. The standard InChI is InChI=1S/C20H30O2/c1-12-18(22)11-17-15-5-4-13-10-14(21)6-8-20(13,3)16(15)7-9-19(12,17)2/h10,14-18,21-22H,1,4-9,11H2,2-3H3. The topological polar surface area (TPSA) is 40.5 Å². The van der Waals surface area contributed by atoms with Crippen LogP contribution in [0.5, 0.6) is 0 Å². The zero-order valence-corrected chi connectivity index (χ0v) is 14.0. The van der Waals surface area contributed by atoms with E-state index < -0.39 is 0 Å². The first-order chi connectivity index (χ1) is 10.4. The van der Waals surface area contributed by atoms with Crippen LogP contribution in [0, 0.1) is 28.6 Å². The Hall–Kier alpha value is -0.600. The van der Waals surface area contributed by atoms with E-state index in [0.717, 1.165) is 43.1 Å². The van der Waals surface area contributed by atoms with E-state index in [0.29, 0.717) is 11.3 Å². The molecule has 0 amide bonds. The van der Waals surface area contributed by atoms with Crippen molar-refractivity contribution in [2.24, 2.45) is 28.6 Å². The molecule has 7 unspecified atom stereocenters. The molecule has 0 saturated heterocycles. The van der Waals surface area contributed by atoms with Gasteiger partial charge < -0.3 is 10.2 Å². The highest BCUT2D eigenvalue weighted by Gasteiger charge is 2.58. The van der Waals surface area contributed by atoms with Gasteiger partial charge in [0.15, 0.2) is 0 Å². The highest BCUT2D eigenvalue weighted by molar-refractivity contribution is 5.29. The Balaban J connectivity index is 1.69. The van der Waals surface area contributed by atoms with Crippen LogP contribution in [0.25, 0.3) is 0 Å². The molecule has 0 radical (unpaired) electrons. The van der Waals surface area contributed by atoms with Crippen LogP contribution >= 0.6 is 0 Å². The lowest BCUT2D eigenvalue weighted by Gasteiger charge is -2.57. The average molecular weight is 302 g/mol. The van der Waals surface area contributed by atoms with Crippen molar-refractivity contribution in [3.63, 3.8) is 0 Å². The molecular formula is C20H30O2. The van der Waals surface area contributed by atoms with E-state index >= 15 is 0 Å². The van der Waals surface area contributed by atoms with Gasteiger partial charge in [0, 0.05) is 0 Å². The third-order valence-corrected chi connectivity index (χ3v) is 8.09. The Morgan fingerprint density at radius 2 is 1.77 bits per heavy atom. The van der Waals surface area contributed by atoms with Gasteiger partial charge in [0.05, 0.1) is 12.2 Å². The maximum absolute atomic E-state index is 10.4. The maximum atomic E-state index is 10.4. The van der Waals surface area contributed by atoms with Crippen molar-refractivity contribution in [2.75, 3.05) is 0 Å². The number of aliphatic hydroxyl groups is 2. The van der Waals surface area contributed by atoms with E-state index in [-0.39, 0.29) is 17.6 Å². The molecule has 2 nitrogen and oxygen atoms in total. The molecule has 2 N–H and O–H groups in total. The first kappa shape index (κ1) is 15.0. The fourth-order valence-corrected chi connectivity index (χ4v) is 6.63. The van der Waals surface area contributed by atoms with Gasteiger partial charge in [-0.05, 0) is 79.1 Å². The second-order valence-electron chi connectivity index (χ2n) is 8.86. The number of allylic oxidation sites excluding steroid dienone is 1. The first-order valence-electron chi connectivity index (χ1n) is 9.13. The number of hydrogen-bond donors (Lipinski definition) is 2. The molecule has 122 valence electrons. The molecule has 0 aromatic heterocycles. The van der Waals surface area contributed by atoms with Gasteiger partial charge in [0.2, 0.25) is 0 Å². The Kier molecular flexibility index (Phi) is 3.20. The molecular weight excluding hydrogens is 272 g/mol. The smallest absolute Gasteiger partial charge is 0.0756 e. The first-order valence-corrected chi connectivity index (χ1v) is 9.13. The second-order valence-corrected chi connectivity index (χ2v) is 8.86. The van der Waals surface area contributed by atoms with Gasteiger partial charge in [-0.1, -0.05) is 32.1 Å². The van der Waals surface area contributed by atoms with Crippen LogP contribution in [-0.2, 0) is 0 Å².